The number of rotatable bonds is 3. The molecule has 1 aromatic rings. The lowest BCUT2D eigenvalue weighted by molar-refractivity contribution is -0.222. The summed E-state index contributed by atoms with van der Waals surface area (Å²) in [5.74, 6) is -1.05. The molecule has 1 heterocycles. The zero-order valence-electron chi connectivity index (χ0n) is 13.8. The standard InChI is InChI=1S/C18H22F3NO2/c1-12-3-4-14(13(2)11-12)5-6-16(23)22-9-7-15(8-10-22)17(24)18(19,20)21/h3-6,11,15,17,24H,7-10H2,1-2H3/b6-5+. The van der Waals surface area contributed by atoms with E-state index in [4.69, 9.17) is 0 Å². The highest BCUT2D eigenvalue weighted by molar-refractivity contribution is 5.92. The molecule has 1 aromatic carbocycles. The Morgan fingerprint density at radius 2 is 1.92 bits per heavy atom. The molecule has 0 saturated carbocycles. The first kappa shape index (κ1) is 18.5. The van der Waals surface area contributed by atoms with Crippen LogP contribution in [0, 0.1) is 19.8 Å². The number of likely N-dealkylation sites (tertiary alicyclic amines) is 1. The van der Waals surface area contributed by atoms with Crippen molar-refractivity contribution >= 4 is 12.0 Å². The lowest BCUT2D eigenvalue weighted by Gasteiger charge is -2.34. The number of halogens is 3. The summed E-state index contributed by atoms with van der Waals surface area (Å²) in [5.41, 5.74) is 3.14. The largest absolute Gasteiger partial charge is 0.414 e. The minimum absolute atomic E-state index is 0.157. The van der Waals surface area contributed by atoms with Crippen molar-refractivity contribution in [1.82, 2.24) is 4.90 Å². The van der Waals surface area contributed by atoms with E-state index in [1.165, 1.54) is 11.0 Å². The highest BCUT2D eigenvalue weighted by Crippen LogP contribution is 2.31. The minimum atomic E-state index is -4.60. The predicted molar refractivity (Wildman–Crippen MR) is 86.3 cm³/mol. The number of hydrogen-bond donors (Lipinski definition) is 1. The topological polar surface area (TPSA) is 40.5 Å². The van der Waals surface area contributed by atoms with Crippen molar-refractivity contribution in [3.05, 3.63) is 41.0 Å². The van der Waals surface area contributed by atoms with Crippen LogP contribution >= 0.6 is 0 Å². The van der Waals surface area contributed by atoms with Crippen LogP contribution in [-0.2, 0) is 4.79 Å². The van der Waals surface area contributed by atoms with Gasteiger partial charge in [-0.05, 0) is 49.8 Å². The molecule has 0 aromatic heterocycles. The Morgan fingerprint density at radius 3 is 2.46 bits per heavy atom. The second kappa shape index (κ2) is 7.38. The average molecular weight is 341 g/mol. The van der Waals surface area contributed by atoms with E-state index in [1.54, 1.807) is 6.08 Å². The van der Waals surface area contributed by atoms with Crippen molar-refractivity contribution in [1.29, 1.82) is 0 Å². The van der Waals surface area contributed by atoms with Gasteiger partial charge in [-0.3, -0.25) is 4.79 Å². The molecule has 24 heavy (non-hydrogen) atoms. The predicted octanol–water partition coefficient (Wildman–Crippen LogP) is 3.48. The zero-order valence-corrected chi connectivity index (χ0v) is 13.8. The lowest BCUT2D eigenvalue weighted by Crippen LogP contribution is -2.44. The number of carbonyl (C=O) groups excluding carboxylic acids is 1. The Kier molecular flexibility index (Phi) is 5.70. The molecule has 6 heteroatoms. The Labute approximate surface area is 139 Å². The molecule has 1 saturated heterocycles. The fraction of sp³-hybridized carbons (Fsp3) is 0.500. The summed E-state index contributed by atoms with van der Waals surface area (Å²) in [5, 5.41) is 9.30. The first-order chi connectivity index (χ1) is 11.2. The van der Waals surface area contributed by atoms with E-state index in [0.717, 1.165) is 16.7 Å². The molecule has 3 nitrogen and oxygen atoms in total. The van der Waals surface area contributed by atoms with Crippen LogP contribution in [-0.4, -0.2) is 41.3 Å². The number of aliphatic hydroxyl groups is 1. The fourth-order valence-electron chi connectivity index (χ4n) is 2.98. The van der Waals surface area contributed by atoms with Crippen molar-refractivity contribution < 1.29 is 23.1 Å². The summed E-state index contributed by atoms with van der Waals surface area (Å²) in [6, 6.07) is 5.91. The van der Waals surface area contributed by atoms with Gasteiger partial charge in [0.15, 0.2) is 6.10 Å². The summed E-state index contributed by atoms with van der Waals surface area (Å²) in [6.07, 6.45) is -3.40. The molecular formula is C18H22F3NO2. The number of benzene rings is 1. The molecule has 0 spiro atoms. The highest BCUT2D eigenvalue weighted by Gasteiger charge is 2.44. The third kappa shape index (κ3) is 4.60. The maximum absolute atomic E-state index is 12.5. The molecule has 1 N–H and O–H groups in total. The van der Waals surface area contributed by atoms with E-state index in [-0.39, 0.29) is 31.8 Å². The van der Waals surface area contributed by atoms with E-state index in [2.05, 4.69) is 0 Å². The van der Waals surface area contributed by atoms with Gasteiger partial charge in [0.1, 0.15) is 0 Å². The van der Waals surface area contributed by atoms with Crippen LogP contribution in [0.1, 0.15) is 29.5 Å². The van der Waals surface area contributed by atoms with Crippen LogP contribution in [0.4, 0.5) is 13.2 Å². The number of nitrogens with zero attached hydrogens (tertiary/aromatic N) is 1. The Hall–Kier alpha value is -1.82. The second-order valence-electron chi connectivity index (χ2n) is 6.34. The fourth-order valence-corrected chi connectivity index (χ4v) is 2.98. The Bertz CT molecular complexity index is 617. The molecule has 132 valence electrons. The van der Waals surface area contributed by atoms with Crippen molar-refractivity contribution in [3.8, 4) is 0 Å². The summed E-state index contributed by atoms with van der Waals surface area (Å²) in [7, 11) is 0. The molecular weight excluding hydrogens is 319 g/mol. The van der Waals surface area contributed by atoms with Gasteiger partial charge >= 0.3 is 6.18 Å². The van der Waals surface area contributed by atoms with Gasteiger partial charge in [0.05, 0.1) is 0 Å². The zero-order chi connectivity index (χ0) is 17.9. The Balaban J connectivity index is 1.92. The van der Waals surface area contributed by atoms with Crippen molar-refractivity contribution in [2.75, 3.05) is 13.1 Å². The molecule has 0 radical (unpaired) electrons. The lowest BCUT2D eigenvalue weighted by atomic mass is 9.91. The van der Waals surface area contributed by atoms with Crippen LogP contribution in [0.3, 0.4) is 0 Å². The number of aliphatic hydroxyl groups excluding tert-OH is 1. The van der Waals surface area contributed by atoms with Crippen LogP contribution in [0.25, 0.3) is 6.08 Å². The molecule has 1 fully saturated rings. The van der Waals surface area contributed by atoms with Gasteiger partial charge in [-0.15, -0.1) is 0 Å². The molecule has 0 bridgehead atoms. The van der Waals surface area contributed by atoms with Crippen LogP contribution in [0.2, 0.25) is 0 Å². The Morgan fingerprint density at radius 1 is 1.29 bits per heavy atom. The van der Waals surface area contributed by atoms with E-state index in [1.807, 2.05) is 32.0 Å². The monoisotopic (exact) mass is 341 g/mol. The average Bonchev–Trinajstić information content (AvgIpc) is 2.52. The molecule has 1 aliphatic rings. The first-order valence-corrected chi connectivity index (χ1v) is 7.97. The molecule has 2 rings (SSSR count). The number of amides is 1. The van der Waals surface area contributed by atoms with Crippen molar-refractivity contribution in [2.24, 2.45) is 5.92 Å². The van der Waals surface area contributed by atoms with Gasteiger partial charge in [-0.1, -0.05) is 23.8 Å². The van der Waals surface area contributed by atoms with Gasteiger partial charge in [0.2, 0.25) is 5.91 Å². The summed E-state index contributed by atoms with van der Waals surface area (Å²) < 4.78 is 37.6. The summed E-state index contributed by atoms with van der Waals surface area (Å²) >= 11 is 0. The highest BCUT2D eigenvalue weighted by atomic mass is 19.4. The van der Waals surface area contributed by atoms with Gasteiger partial charge < -0.3 is 10.0 Å². The van der Waals surface area contributed by atoms with E-state index in [9.17, 15) is 23.1 Å². The second-order valence-corrected chi connectivity index (χ2v) is 6.34. The SMILES string of the molecule is Cc1ccc(/C=C/C(=O)N2CCC(C(O)C(F)(F)F)CC2)c(C)c1. The number of alkyl halides is 3. The first-order valence-electron chi connectivity index (χ1n) is 7.97. The maximum atomic E-state index is 12.5. The number of carbonyl (C=O) groups is 1. The molecule has 1 atom stereocenters. The number of hydrogen-bond acceptors (Lipinski definition) is 2. The molecule has 1 unspecified atom stereocenters. The van der Waals surface area contributed by atoms with Gasteiger partial charge in [0, 0.05) is 19.2 Å². The van der Waals surface area contributed by atoms with Gasteiger partial charge in [0.25, 0.3) is 0 Å². The van der Waals surface area contributed by atoms with Crippen molar-refractivity contribution in [3.63, 3.8) is 0 Å². The van der Waals surface area contributed by atoms with Gasteiger partial charge in [-0.2, -0.15) is 13.2 Å². The number of piperidine rings is 1. The van der Waals surface area contributed by atoms with E-state index < -0.39 is 18.2 Å². The third-order valence-corrected chi connectivity index (χ3v) is 4.46. The maximum Gasteiger partial charge on any atom is 0.414 e. The van der Waals surface area contributed by atoms with Crippen molar-refractivity contribution in [2.45, 2.75) is 39.0 Å². The van der Waals surface area contributed by atoms with Crippen LogP contribution < -0.4 is 0 Å². The molecule has 1 aliphatic heterocycles. The summed E-state index contributed by atoms with van der Waals surface area (Å²) in [6.45, 7) is 4.41. The van der Waals surface area contributed by atoms with E-state index in [0.29, 0.717) is 0 Å². The quantitative estimate of drug-likeness (QED) is 0.855. The minimum Gasteiger partial charge on any atom is -0.383 e. The van der Waals surface area contributed by atoms with Crippen LogP contribution in [0.5, 0.6) is 0 Å². The smallest absolute Gasteiger partial charge is 0.383 e. The molecule has 1 amide bonds. The summed E-state index contributed by atoms with van der Waals surface area (Å²) in [4.78, 5) is 13.7. The molecule has 0 aliphatic carbocycles. The van der Waals surface area contributed by atoms with E-state index >= 15 is 0 Å². The van der Waals surface area contributed by atoms with Gasteiger partial charge in [-0.25, -0.2) is 0 Å². The normalized spacial score (nSPS) is 18.2. The third-order valence-electron chi connectivity index (χ3n) is 4.46. The van der Waals surface area contributed by atoms with Crippen LogP contribution in [0.15, 0.2) is 24.3 Å². The number of aryl methyl sites for hydroxylation is 2.